The van der Waals surface area contributed by atoms with E-state index in [2.05, 4.69) is 20.8 Å². The number of ether oxygens (including phenoxy) is 5. The summed E-state index contributed by atoms with van der Waals surface area (Å²) >= 11 is 0. The van der Waals surface area contributed by atoms with Crippen LogP contribution in [0.1, 0.15) is 20.8 Å². The Morgan fingerprint density at radius 3 is 1.56 bits per heavy atom. The fraction of sp³-hybridized carbons (Fsp3) is 0.941. The number of carbonyl (C=O) groups excluding carboxylic acids is 1. The maximum atomic E-state index is 11.8. The van der Waals surface area contributed by atoms with Gasteiger partial charge < -0.3 is 28.1 Å². The first kappa shape index (κ1) is 24.5. The van der Waals surface area contributed by atoms with Gasteiger partial charge in [0.2, 0.25) is 0 Å². The van der Waals surface area contributed by atoms with Crippen molar-refractivity contribution in [2.24, 2.45) is 0 Å². The molecule has 0 saturated carbocycles. The SMILES string of the molecule is COCCOCCOCCOCCOCC(=O)O[Si](C)(C)C(C)(C)C. The van der Waals surface area contributed by atoms with Crippen LogP contribution in [-0.4, -0.2) is 80.9 Å². The van der Waals surface area contributed by atoms with Gasteiger partial charge in [0.25, 0.3) is 8.32 Å². The number of hydrogen-bond acceptors (Lipinski definition) is 7. The van der Waals surface area contributed by atoms with Crippen LogP contribution in [0.4, 0.5) is 0 Å². The van der Waals surface area contributed by atoms with Crippen LogP contribution in [0.5, 0.6) is 0 Å². The lowest BCUT2D eigenvalue weighted by Crippen LogP contribution is -2.43. The molecule has 0 aliphatic heterocycles. The molecule has 0 saturated heterocycles. The van der Waals surface area contributed by atoms with E-state index < -0.39 is 8.32 Å². The average molecular weight is 381 g/mol. The molecule has 0 N–H and O–H groups in total. The van der Waals surface area contributed by atoms with Crippen LogP contribution < -0.4 is 0 Å². The lowest BCUT2D eigenvalue weighted by Gasteiger charge is -2.35. The Hall–Kier alpha value is -0.513. The van der Waals surface area contributed by atoms with Gasteiger partial charge in [0.05, 0.1) is 52.9 Å². The van der Waals surface area contributed by atoms with Crippen molar-refractivity contribution >= 4 is 14.3 Å². The van der Waals surface area contributed by atoms with Crippen molar-refractivity contribution in [2.75, 3.05) is 66.6 Å². The second-order valence-corrected chi connectivity index (χ2v) is 11.8. The van der Waals surface area contributed by atoms with Gasteiger partial charge in [-0.25, -0.2) is 0 Å². The van der Waals surface area contributed by atoms with Crippen LogP contribution >= 0.6 is 0 Å². The summed E-state index contributed by atoms with van der Waals surface area (Å²) in [5, 5.41) is 0.000585. The maximum Gasteiger partial charge on any atom is 0.318 e. The van der Waals surface area contributed by atoms with Crippen molar-refractivity contribution < 1.29 is 32.9 Å². The highest BCUT2D eigenvalue weighted by Crippen LogP contribution is 2.36. The van der Waals surface area contributed by atoms with Crippen LogP contribution in [0.2, 0.25) is 18.1 Å². The van der Waals surface area contributed by atoms with Gasteiger partial charge in [-0.1, -0.05) is 20.8 Å². The first-order valence-corrected chi connectivity index (χ1v) is 11.6. The molecule has 0 heterocycles. The van der Waals surface area contributed by atoms with E-state index in [1.807, 2.05) is 13.1 Å². The maximum absolute atomic E-state index is 11.8. The van der Waals surface area contributed by atoms with Gasteiger partial charge in [-0.15, -0.1) is 0 Å². The van der Waals surface area contributed by atoms with Gasteiger partial charge in [0, 0.05) is 7.11 Å². The Balaban J connectivity index is 3.43. The molecule has 150 valence electrons. The van der Waals surface area contributed by atoms with E-state index in [4.69, 9.17) is 28.1 Å². The number of methoxy groups -OCH3 is 1. The molecule has 25 heavy (non-hydrogen) atoms. The van der Waals surface area contributed by atoms with Crippen molar-refractivity contribution in [3.05, 3.63) is 0 Å². The highest BCUT2D eigenvalue weighted by molar-refractivity contribution is 6.75. The molecule has 0 spiro atoms. The third-order valence-corrected chi connectivity index (χ3v) is 8.29. The molecule has 0 aliphatic carbocycles. The molecule has 0 aromatic heterocycles. The molecule has 0 aliphatic rings. The minimum Gasteiger partial charge on any atom is -0.517 e. The Bertz CT molecular complexity index is 342. The molecule has 0 rings (SSSR count). The molecular weight excluding hydrogens is 344 g/mol. The molecule has 0 atom stereocenters. The van der Waals surface area contributed by atoms with E-state index >= 15 is 0 Å². The quantitative estimate of drug-likeness (QED) is 0.319. The van der Waals surface area contributed by atoms with Gasteiger partial charge >= 0.3 is 5.97 Å². The topological polar surface area (TPSA) is 72.5 Å². The third-order valence-electron chi connectivity index (χ3n) is 3.94. The van der Waals surface area contributed by atoms with Crippen LogP contribution in [0.15, 0.2) is 0 Å². The summed E-state index contributed by atoms with van der Waals surface area (Å²) in [6, 6.07) is 0. The summed E-state index contributed by atoms with van der Waals surface area (Å²) in [5.74, 6) is -0.302. The zero-order chi connectivity index (χ0) is 19.2. The second-order valence-electron chi connectivity index (χ2n) is 7.12. The number of carbonyl (C=O) groups is 1. The third kappa shape index (κ3) is 13.4. The monoisotopic (exact) mass is 380 g/mol. The lowest BCUT2D eigenvalue weighted by atomic mass is 10.2. The van der Waals surface area contributed by atoms with Crippen LogP contribution in [0.25, 0.3) is 0 Å². The number of hydrogen-bond donors (Lipinski definition) is 0. The number of rotatable bonds is 15. The predicted octanol–water partition coefficient (Wildman–Crippen LogP) is 2.25. The van der Waals surface area contributed by atoms with Crippen LogP contribution in [-0.2, 0) is 32.9 Å². The normalized spacial score (nSPS) is 12.4. The zero-order valence-corrected chi connectivity index (χ0v) is 17.7. The van der Waals surface area contributed by atoms with Crippen LogP contribution in [0, 0.1) is 0 Å². The molecule has 0 aromatic carbocycles. The van der Waals surface area contributed by atoms with Crippen LogP contribution in [0.3, 0.4) is 0 Å². The molecule has 0 aromatic rings. The highest BCUT2D eigenvalue weighted by atomic mass is 28.4. The Morgan fingerprint density at radius 1 is 0.760 bits per heavy atom. The van der Waals surface area contributed by atoms with E-state index in [-0.39, 0.29) is 17.6 Å². The fourth-order valence-electron chi connectivity index (χ4n) is 1.42. The van der Waals surface area contributed by atoms with Gasteiger partial charge in [-0.3, -0.25) is 4.79 Å². The lowest BCUT2D eigenvalue weighted by molar-refractivity contribution is -0.141. The van der Waals surface area contributed by atoms with Crippen molar-refractivity contribution in [1.29, 1.82) is 0 Å². The fourth-order valence-corrected chi connectivity index (χ4v) is 2.36. The van der Waals surface area contributed by atoms with Crippen molar-refractivity contribution in [3.8, 4) is 0 Å². The summed E-state index contributed by atoms with van der Waals surface area (Å²) < 4.78 is 31.7. The molecule has 0 unspecified atom stereocenters. The van der Waals surface area contributed by atoms with Gasteiger partial charge in [0.15, 0.2) is 0 Å². The summed E-state index contributed by atoms with van der Waals surface area (Å²) in [6.07, 6.45) is 0. The van der Waals surface area contributed by atoms with Crippen molar-refractivity contribution in [3.63, 3.8) is 0 Å². The largest absolute Gasteiger partial charge is 0.517 e. The standard InChI is InChI=1S/C17H36O7Si/c1-17(2,3)25(5,6)24-16(18)15-23-14-13-22-12-11-21-10-9-20-8-7-19-4/h7-15H2,1-6H3. The second kappa shape index (κ2) is 13.7. The Labute approximate surface area is 153 Å². The smallest absolute Gasteiger partial charge is 0.318 e. The first-order valence-electron chi connectivity index (χ1n) is 8.72. The molecule has 8 heteroatoms. The van der Waals surface area contributed by atoms with E-state index in [1.165, 1.54) is 0 Å². The van der Waals surface area contributed by atoms with E-state index in [1.54, 1.807) is 7.11 Å². The molecule has 0 radical (unpaired) electrons. The summed E-state index contributed by atoms with van der Waals surface area (Å²) in [5.41, 5.74) is 0. The summed E-state index contributed by atoms with van der Waals surface area (Å²) in [6.45, 7) is 14.3. The van der Waals surface area contributed by atoms with E-state index in [9.17, 15) is 4.79 Å². The van der Waals surface area contributed by atoms with E-state index in [0.29, 0.717) is 52.9 Å². The van der Waals surface area contributed by atoms with Crippen molar-refractivity contribution in [2.45, 2.75) is 38.9 Å². The highest BCUT2D eigenvalue weighted by Gasteiger charge is 2.40. The average Bonchev–Trinajstić information content (AvgIpc) is 2.50. The Kier molecular flexibility index (Phi) is 13.4. The minimum atomic E-state index is -2.07. The Morgan fingerprint density at radius 2 is 1.16 bits per heavy atom. The summed E-state index contributed by atoms with van der Waals surface area (Å²) in [4.78, 5) is 11.8. The zero-order valence-electron chi connectivity index (χ0n) is 16.7. The molecule has 0 amide bonds. The first-order chi connectivity index (χ1) is 11.7. The summed E-state index contributed by atoms with van der Waals surface area (Å²) in [7, 11) is -0.430. The molecule has 7 nitrogen and oxygen atoms in total. The minimum absolute atomic E-state index is 0.000585. The van der Waals surface area contributed by atoms with Crippen molar-refractivity contribution in [1.82, 2.24) is 0 Å². The molecule has 0 fully saturated rings. The molecular formula is C17H36O7Si. The molecule has 0 bridgehead atoms. The van der Waals surface area contributed by atoms with E-state index in [0.717, 1.165) is 0 Å². The van der Waals surface area contributed by atoms with Gasteiger partial charge in [-0.2, -0.15) is 0 Å². The van der Waals surface area contributed by atoms with Gasteiger partial charge in [0.1, 0.15) is 6.61 Å². The predicted molar refractivity (Wildman–Crippen MR) is 98.4 cm³/mol. The van der Waals surface area contributed by atoms with Gasteiger partial charge in [-0.05, 0) is 18.1 Å².